The molecule has 1 aromatic rings. The third kappa shape index (κ3) is 5.16. The van der Waals surface area contributed by atoms with Gasteiger partial charge in [0.25, 0.3) is 0 Å². The zero-order valence-corrected chi connectivity index (χ0v) is 15.4. The summed E-state index contributed by atoms with van der Waals surface area (Å²) in [5, 5.41) is 8.92. The second-order valence-electron chi connectivity index (χ2n) is 8.08. The summed E-state index contributed by atoms with van der Waals surface area (Å²) in [6.45, 7) is 0. The van der Waals surface area contributed by atoms with Crippen LogP contribution in [0.4, 0.5) is 8.78 Å². The van der Waals surface area contributed by atoms with Crippen molar-refractivity contribution >= 4 is 0 Å². The van der Waals surface area contributed by atoms with E-state index in [0.717, 1.165) is 17.4 Å². The fourth-order valence-corrected chi connectivity index (χ4v) is 4.94. The molecule has 2 aliphatic carbocycles. The van der Waals surface area contributed by atoms with Gasteiger partial charge in [0.15, 0.2) is 0 Å². The highest BCUT2D eigenvalue weighted by Gasteiger charge is 2.30. The van der Waals surface area contributed by atoms with E-state index >= 15 is 0 Å². The zero-order chi connectivity index (χ0) is 18.4. The molecule has 2 aliphatic rings. The van der Waals surface area contributed by atoms with Crippen molar-refractivity contribution in [2.24, 2.45) is 17.8 Å². The minimum absolute atomic E-state index is 0.0979. The van der Waals surface area contributed by atoms with E-state index in [0.29, 0.717) is 11.8 Å². The molecule has 0 N–H and O–H groups in total. The summed E-state index contributed by atoms with van der Waals surface area (Å²) >= 11 is 0. The van der Waals surface area contributed by atoms with Crippen LogP contribution in [0.15, 0.2) is 36.4 Å². The Morgan fingerprint density at radius 2 is 1.50 bits per heavy atom. The number of nitriles is 1. The highest BCUT2D eigenvalue weighted by Crippen LogP contribution is 2.44. The second kappa shape index (κ2) is 9.31. The van der Waals surface area contributed by atoms with Gasteiger partial charge in [-0.2, -0.15) is 5.26 Å². The Balaban J connectivity index is 1.43. The lowest BCUT2D eigenvalue weighted by molar-refractivity contribution is 0.151. The number of rotatable bonds is 5. The molecule has 2 fully saturated rings. The summed E-state index contributed by atoms with van der Waals surface area (Å²) < 4.78 is 24.4. The minimum Gasteiger partial charge on any atom is -0.210 e. The van der Waals surface area contributed by atoms with Crippen molar-refractivity contribution in [2.45, 2.75) is 70.1 Å². The molecule has 0 saturated heterocycles. The van der Waals surface area contributed by atoms with Gasteiger partial charge in [-0.15, -0.1) is 0 Å². The third-order valence-corrected chi connectivity index (χ3v) is 6.49. The number of nitrogens with zero attached hydrogens (tertiary/aromatic N) is 1. The maximum atomic E-state index is 12.2. The van der Waals surface area contributed by atoms with Gasteiger partial charge in [0, 0.05) is 6.42 Å². The molecule has 0 atom stereocenters. The first-order valence-corrected chi connectivity index (χ1v) is 10.1. The molecule has 0 aromatic heterocycles. The van der Waals surface area contributed by atoms with E-state index in [1.165, 1.54) is 56.9 Å². The van der Waals surface area contributed by atoms with Crippen molar-refractivity contribution in [1.29, 1.82) is 5.26 Å². The van der Waals surface area contributed by atoms with Gasteiger partial charge in [0.2, 0.25) is 6.43 Å². The Morgan fingerprint density at radius 3 is 2.04 bits per heavy atom. The van der Waals surface area contributed by atoms with Crippen LogP contribution >= 0.6 is 0 Å². The number of alkyl halides is 2. The fourth-order valence-electron chi connectivity index (χ4n) is 4.94. The van der Waals surface area contributed by atoms with E-state index < -0.39 is 6.43 Å². The highest BCUT2D eigenvalue weighted by molar-refractivity contribution is 5.33. The number of hydrogen-bond acceptors (Lipinski definition) is 1. The number of halogens is 2. The van der Waals surface area contributed by atoms with Gasteiger partial charge in [0.05, 0.1) is 11.6 Å². The summed E-state index contributed by atoms with van der Waals surface area (Å²) in [6, 6.07) is 10.3. The Bertz CT molecular complexity index is 613. The van der Waals surface area contributed by atoms with Crippen molar-refractivity contribution < 1.29 is 8.78 Å². The predicted octanol–water partition coefficient (Wildman–Crippen LogP) is 6.85. The maximum Gasteiger partial charge on any atom is 0.242 e. The summed E-state index contributed by atoms with van der Waals surface area (Å²) in [5.41, 5.74) is 2.12. The van der Waals surface area contributed by atoms with E-state index in [1.54, 1.807) is 6.08 Å². The van der Waals surface area contributed by atoms with Gasteiger partial charge in [-0.3, -0.25) is 0 Å². The first-order valence-electron chi connectivity index (χ1n) is 10.1. The van der Waals surface area contributed by atoms with Crippen LogP contribution in [-0.2, 0) is 0 Å². The van der Waals surface area contributed by atoms with E-state index in [4.69, 9.17) is 5.26 Å². The molecule has 0 unspecified atom stereocenters. The lowest BCUT2D eigenvalue weighted by atomic mass is 9.68. The Kier molecular flexibility index (Phi) is 6.83. The lowest BCUT2D eigenvalue weighted by Crippen LogP contribution is -2.25. The van der Waals surface area contributed by atoms with Crippen molar-refractivity contribution in [3.63, 3.8) is 0 Å². The van der Waals surface area contributed by atoms with E-state index in [2.05, 4.69) is 18.2 Å². The first kappa shape index (κ1) is 19.1. The van der Waals surface area contributed by atoms with Crippen molar-refractivity contribution in [2.75, 3.05) is 0 Å². The van der Waals surface area contributed by atoms with Gasteiger partial charge >= 0.3 is 0 Å². The minimum atomic E-state index is -2.21. The fraction of sp³-hybridized carbons (Fsp3) is 0.609. The van der Waals surface area contributed by atoms with Crippen molar-refractivity contribution in [3.8, 4) is 6.07 Å². The molecule has 0 bridgehead atoms. The van der Waals surface area contributed by atoms with E-state index in [9.17, 15) is 8.78 Å². The number of allylic oxidation sites excluding steroid dienone is 2. The molecule has 0 heterocycles. The smallest absolute Gasteiger partial charge is 0.210 e. The van der Waals surface area contributed by atoms with Crippen LogP contribution < -0.4 is 0 Å². The molecule has 1 nitrogen and oxygen atoms in total. The van der Waals surface area contributed by atoms with Crippen LogP contribution in [0.5, 0.6) is 0 Å². The Labute approximate surface area is 156 Å². The molecule has 0 spiro atoms. The molecule has 1 aromatic carbocycles. The molecule has 3 heteroatoms. The Morgan fingerprint density at radius 1 is 0.923 bits per heavy atom. The molecule has 26 heavy (non-hydrogen) atoms. The Hall–Kier alpha value is -1.69. The van der Waals surface area contributed by atoms with Gasteiger partial charge in [0.1, 0.15) is 0 Å². The molecule has 140 valence electrons. The standard InChI is InChI=1S/C23H29F2N/c24-23(25)3-1-2-17-4-8-19(9-5-17)21-12-14-22(15-13-21)20-10-6-18(16-26)7-11-20/h1-2,6-7,10-11,17,19,21-23H,3-5,8-9,12-15H2/t17-,19-,21-,22-. The van der Waals surface area contributed by atoms with Crippen molar-refractivity contribution in [3.05, 3.63) is 47.5 Å². The molecule has 0 radical (unpaired) electrons. The maximum absolute atomic E-state index is 12.2. The topological polar surface area (TPSA) is 23.8 Å². The van der Waals surface area contributed by atoms with Crippen LogP contribution in [0, 0.1) is 29.1 Å². The van der Waals surface area contributed by atoms with Crippen LogP contribution in [0.3, 0.4) is 0 Å². The molecular formula is C23H29F2N. The largest absolute Gasteiger partial charge is 0.242 e. The second-order valence-corrected chi connectivity index (χ2v) is 8.08. The van der Waals surface area contributed by atoms with Gasteiger partial charge in [-0.25, -0.2) is 8.78 Å². The predicted molar refractivity (Wildman–Crippen MR) is 101 cm³/mol. The van der Waals surface area contributed by atoms with Gasteiger partial charge in [-0.1, -0.05) is 24.3 Å². The van der Waals surface area contributed by atoms with Gasteiger partial charge < -0.3 is 0 Å². The molecular weight excluding hydrogens is 328 g/mol. The molecule has 0 amide bonds. The summed E-state index contributed by atoms with van der Waals surface area (Å²) in [5.74, 6) is 2.83. The average molecular weight is 357 g/mol. The van der Waals surface area contributed by atoms with Crippen LogP contribution in [-0.4, -0.2) is 6.43 Å². The van der Waals surface area contributed by atoms with E-state index in [-0.39, 0.29) is 6.42 Å². The lowest BCUT2D eigenvalue weighted by Gasteiger charge is -2.37. The average Bonchev–Trinajstić information content (AvgIpc) is 2.68. The van der Waals surface area contributed by atoms with Crippen LogP contribution in [0.2, 0.25) is 0 Å². The summed E-state index contributed by atoms with van der Waals surface area (Å²) in [6.07, 6.45) is 11.4. The highest BCUT2D eigenvalue weighted by atomic mass is 19.3. The van der Waals surface area contributed by atoms with Crippen molar-refractivity contribution in [1.82, 2.24) is 0 Å². The number of hydrogen-bond donors (Lipinski definition) is 0. The third-order valence-electron chi connectivity index (χ3n) is 6.49. The normalized spacial score (nSPS) is 29.8. The number of benzene rings is 1. The monoisotopic (exact) mass is 357 g/mol. The molecule has 2 saturated carbocycles. The SMILES string of the molecule is N#Cc1ccc([C@H]2CC[C@H]([C@H]3CC[C@H](C=CCC(F)F)CC3)CC2)cc1. The van der Waals surface area contributed by atoms with Gasteiger partial charge in [-0.05, 0) is 92.7 Å². The zero-order valence-electron chi connectivity index (χ0n) is 15.4. The van der Waals surface area contributed by atoms with E-state index in [1.807, 2.05) is 18.2 Å². The van der Waals surface area contributed by atoms with Crippen LogP contribution in [0.1, 0.15) is 74.8 Å². The molecule has 3 rings (SSSR count). The first-order chi connectivity index (χ1) is 12.7. The van der Waals surface area contributed by atoms with Crippen LogP contribution in [0.25, 0.3) is 0 Å². The summed E-state index contributed by atoms with van der Waals surface area (Å²) in [4.78, 5) is 0. The molecule has 0 aliphatic heterocycles. The summed E-state index contributed by atoms with van der Waals surface area (Å²) in [7, 11) is 0. The quantitative estimate of drug-likeness (QED) is 0.529.